The smallest absolute Gasteiger partial charge is 0.323 e. The van der Waals surface area contributed by atoms with Crippen molar-refractivity contribution in [2.24, 2.45) is 0 Å². The lowest BCUT2D eigenvalue weighted by Gasteiger charge is -2.17. The molecule has 0 aliphatic carbocycles. The maximum absolute atomic E-state index is 11.6. The maximum Gasteiger partial charge on any atom is 0.323 e. The molecule has 0 bridgehead atoms. The van der Waals surface area contributed by atoms with Gasteiger partial charge in [-0.1, -0.05) is 36.9 Å². The minimum atomic E-state index is -0.0675. The van der Waals surface area contributed by atoms with Crippen molar-refractivity contribution in [3.63, 3.8) is 0 Å². The molecular formula is C14H18N2O. The summed E-state index contributed by atoms with van der Waals surface area (Å²) in [6, 6.07) is 9.79. The van der Waals surface area contributed by atoms with E-state index in [1.165, 1.54) is 9.80 Å². The van der Waals surface area contributed by atoms with Gasteiger partial charge in [-0.2, -0.15) is 0 Å². The van der Waals surface area contributed by atoms with Gasteiger partial charge in [0.1, 0.15) is 0 Å². The number of urea groups is 1. The Balaban J connectivity index is 2.66. The van der Waals surface area contributed by atoms with Crippen molar-refractivity contribution in [1.29, 1.82) is 0 Å². The molecule has 1 rings (SSSR count). The highest BCUT2D eigenvalue weighted by Gasteiger charge is 2.06. The van der Waals surface area contributed by atoms with Gasteiger partial charge in [0.05, 0.1) is 0 Å². The molecule has 0 aliphatic rings. The standard InChI is InChI=1S/C14H18N2O/c1-12(13-8-6-5-7-9-13)10-11-16(4)14(17)15(2)3/h5-11H,1H2,2-4H3/b11-10-. The number of nitrogens with zero attached hydrogens (tertiary/aromatic N) is 2. The van der Waals surface area contributed by atoms with Crippen molar-refractivity contribution < 1.29 is 4.79 Å². The van der Waals surface area contributed by atoms with E-state index in [1.807, 2.05) is 36.4 Å². The van der Waals surface area contributed by atoms with Gasteiger partial charge in [0, 0.05) is 27.3 Å². The van der Waals surface area contributed by atoms with Crippen LogP contribution in [0.3, 0.4) is 0 Å². The van der Waals surface area contributed by atoms with Crippen LogP contribution in [0.4, 0.5) is 4.79 Å². The van der Waals surface area contributed by atoms with Crippen molar-refractivity contribution in [3.05, 3.63) is 54.8 Å². The summed E-state index contributed by atoms with van der Waals surface area (Å²) in [7, 11) is 5.16. The van der Waals surface area contributed by atoms with E-state index in [9.17, 15) is 4.79 Å². The number of benzene rings is 1. The van der Waals surface area contributed by atoms with E-state index in [2.05, 4.69) is 6.58 Å². The second-order valence-corrected chi connectivity index (χ2v) is 3.99. The van der Waals surface area contributed by atoms with E-state index >= 15 is 0 Å². The van der Waals surface area contributed by atoms with Crippen molar-refractivity contribution >= 4 is 11.6 Å². The second-order valence-electron chi connectivity index (χ2n) is 3.99. The van der Waals surface area contributed by atoms with E-state index in [-0.39, 0.29) is 6.03 Å². The Morgan fingerprint density at radius 1 is 1.18 bits per heavy atom. The molecule has 0 saturated heterocycles. The summed E-state index contributed by atoms with van der Waals surface area (Å²) in [6.45, 7) is 3.96. The van der Waals surface area contributed by atoms with Crippen molar-refractivity contribution in [2.75, 3.05) is 21.1 Å². The first kappa shape index (κ1) is 13.0. The molecule has 0 spiro atoms. The van der Waals surface area contributed by atoms with Gasteiger partial charge < -0.3 is 9.80 Å². The predicted molar refractivity (Wildman–Crippen MR) is 71.5 cm³/mol. The molecule has 0 N–H and O–H groups in total. The topological polar surface area (TPSA) is 23.6 Å². The fourth-order valence-corrected chi connectivity index (χ4v) is 1.33. The van der Waals surface area contributed by atoms with Crippen LogP contribution in [0.1, 0.15) is 5.56 Å². The van der Waals surface area contributed by atoms with Crippen LogP contribution in [0.15, 0.2) is 49.2 Å². The molecule has 2 amide bonds. The van der Waals surface area contributed by atoms with E-state index in [1.54, 1.807) is 27.3 Å². The van der Waals surface area contributed by atoms with E-state index < -0.39 is 0 Å². The van der Waals surface area contributed by atoms with Crippen LogP contribution in [0.2, 0.25) is 0 Å². The third-order valence-corrected chi connectivity index (χ3v) is 2.33. The molecule has 0 fully saturated rings. The molecule has 0 aliphatic heterocycles. The summed E-state index contributed by atoms with van der Waals surface area (Å²) in [4.78, 5) is 14.6. The van der Waals surface area contributed by atoms with Crippen LogP contribution in [0.5, 0.6) is 0 Å². The van der Waals surface area contributed by atoms with Gasteiger partial charge in [0.25, 0.3) is 0 Å². The van der Waals surface area contributed by atoms with Crippen LogP contribution in [-0.2, 0) is 0 Å². The molecule has 0 unspecified atom stereocenters. The molecule has 0 heterocycles. The number of hydrogen-bond acceptors (Lipinski definition) is 1. The zero-order valence-corrected chi connectivity index (χ0v) is 10.6. The van der Waals surface area contributed by atoms with E-state index in [4.69, 9.17) is 0 Å². The molecule has 1 aromatic carbocycles. The maximum atomic E-state index is 11.6. The fourth-order valence-electron chi connectivity index (χ4n) is 1.33. The van der Waals surface area contributed by atoms with Gasteiger partial charge in [-0.3, -0.25) is 0 Å². The molecule has 17 heavy (non-hydrogen) atoms. The third kappa shape index (κ3) is 3.79. The summed E-state index contributed by atoms with van der Waals surface area (Å²) >= 11 is 0. The lowest BCUT2D eigenvalue weighted by atomic mass is 10.1. The second kappa shape index (κ2) is 5.89. The Morgan fingerprint density at radius 3 is 2.29 bits per heavy atom. The monoisotopic (exact) mass is 230 g/mol. The Hall–Kier alpha value is -2.03. The van der Waals surface area contributed by atoms with Crippen molar-refractivity contribution in [1.82, 2.24) is 9.80 Å². The number of hydrogen-bond donors (Lipinski definition) is 0. The average molecular weight is 230 g/mol. The lowest BCUT2D eigenvalue weighted by Crippen LogP contribution is -2.32. The van der Waals surface area contributed by atoms with Crippen LogP contribution in [0, 0.1) is 0 Å². The highest BCUT2D eigenvalue weighted by Crippen LogP contribution is 2.12. The van der Waals surface area contributed by atoms with Gasteiger partial charge in [-0.25, -0.2) is 4.79 Å². The molecule has 3 nitrogen and oxygen atoms in total. The lowest BCUT2D eigenvalue weighted by molar-refractivity contribution is 0.196. The quantitative estimate of drug-likeness (QED) is 0.732. The van der Waals surface area contributed by atoms with E-state index in [0.29, 0.717) is 0 Å². The largest absolute Gasteiger partial charge is 0.330 e. The van der Waals surface area contributed by atoms with Crippen LogP contribution < -0.4 is 0 Å². The Morgan fingerprint density at radius 2 is 1.76 bits per heavy atom. The number of amides is 2. The van der Waals surface area contributed by atoms with Gasteiger partial charge >= 0.3 is 6.03 Å². The summed E-state index contributed by atoms with van der Waals surface area (Å²) in [6.07, 6.45) is 3.55. The third-order valence-electron chi connectivity index (χ3n) is 2.33. The highest BCUT2D eigenvalue weighted by atomic mass is 16.2. The number of carbonyl (C=O) groups excluding carboxylic acids is 1. The Kier molecular flexibility index (Phi) is 4.52. The molecule has 1 aromatic rings. The molecule has 90 valence electrons. The summed E-state index contributed by atoms with van der Waals surface area (Å²) < 4.78 is 0. The fraction of sp³-hybridized carbons (Fsp3) is 0.214. The van der Waals surface area contributed by atoms with Crippen molar-refractivity contribution in [2.45, 2.75) is 0 Å². The molecule has 0 atom stereocenters. The minimum absolute atomic E-state index is 0.0675. The normalized spacial score (nSPS) is 10.3. The van der Waals surface area contributed by atoms with Gasteiger partial charge in [0.15, 0.2) is 0 Å². The molecule has 0 saturated carbocycles. The molecule has 3 heteroatoms. The highest BCUT2D eigenvalue weighted by molar-refractivity contribution is 5.76. The van der Waals surface area contributed by atoms with Gasteiger partial charge in [0.2, 0.25) is 0 Å². The Bertz CT molecular complexity index is 421. The van der Waals surface area contributed by atoms with Gasteiger partial charge in [-0.15, -0.1) is 0 Å². The van der Waals surface area contributed by atoms with Crippen LogP contribution in [-0.4, -0.2) is 37.0 Å². The zero-order chi connectivity index (χ0) is 12.8. The summed E-state index contributed by atoms with van der Waals surface area (Å²) in [5.41, 5.74) is 1.93. The van der Waals surface area contributed by atoms with Gasteiger partial charge in [-0.05, 0) is 17.2 Å². The molecular weight excluding hydrogens is 212 g/mol. The zero-order valence-electron chi connectivity index (χ0n) is 10.6. The Labute approximate surface area is 103 Å². The number of rotatable bonds is 3. The SMILES string of the molecule is C=C(/C=C\N(C)C(=O)N(C)C)c1ccccc1. The van der Waals surface area contributed by atoms with Crippen molar-refractivity contribution in [3.8, 4) is 0 Å². The summed E-state index contributed by atoms with van der Waals surface area (Å²) in [5, 5.41) is 0. The average Bonchev–Trinajstić information content (AvgIpc) is 2.35. The summed E-state index contributed by atoms with van der Waals surface area (Å²) in [5.74, 6) is 0. The first-order valence-electron chi connectivity index (χ1n) is 5.39. The van der Waals surface area contributed by atoms with E-state index in [0.717, 1.165) is 11.1 Å². The first-order valence-corrected chi connectivity index (χ1v) is 5.39. The predicted octanol–water partition coefficient (Wildman–Crippen LogP) is 2.83. The minimum Gasteiger partial charge on any atom is -0.330 e. The number of allylic oxidation sites excluding steroid dienone is 2. The first-order chi connectivity index (χ1) is 8.02. The molecule has 0 radical (unpaired) electrons. The van der Waals surface area contributed by atoms with Crippen LogP contribution >= 0.6 is 0 Å². The van der Waals surface area contributed by atoms with Crippen LogP contribution in [0.25, 0.3) is 5.57 Å². The number of carbonyl (C=O) groups is 1. The molecule has 0 aromatic heterocycles.